The van der Waals surface area contributed by atoms with Crippen LogP contribution in [0.25, 0.3) is 0 Å². The Labute approximate surface area is 86.3 Å². The molecule has 1 fully saturated rings. The minimum atomic E-state index is -0.160. The fourth-order valence-electron chi connectivity index (χ4n) is 2.07. The first-order valence-electron chi connectivity index (χ1n) is 5.49. The minimum absolute atomic E-state index is 0.160. The topological polar surface area (TPSA) is 26.3 Å². The molecule has 0 bridgehead atoms. The molecule has 2 nitrogen and oxygen atoms in total. The maximum atomic E-state index is 11.3. The summed E-state index contributed by atoms with van der Waals surface area (Å²) < 4.78 is 4.93. The molecule has 1 saturated carbocycles. The van der Waals surface area contributed by atoms with Crippen molar-refractivity contribution in [3.05, 3.63) is 11.6 Å². The van der Waals surface area contributed by atoms with Crippen LogP contribution in [0.5, 0.6) is 0 Å². The summed E-state index contributed by atoms with van der Waals surface area (Å²) in [5.41, 5.74) is 0.769. The van der Waals surface area contributed by atoms with E-state index >= 15 is 0 Å². The molecule has 0 N–H and O–H groups in total. The summed E-state index contributed by atoms with van der Waals surface area (Å²) in [6.07, 6.45) is 5.81. The molecule has 0 radical (unpaired) electrons. The Hall–Kier alpha value is -0.790. The van der Waals surface area contributed by atoms with E-state index in [4.69, 9.17) is 4.74 Å². The average molecular weight is 196 g/mol. The van der Waals surface area contributed by atoms with Gasteiger partial charge in [0, 0.05) is 5.57 Å². The maximum absolute atomic E-state index is 11.3. The largest absolute Gasteiger partial charge is 0.463 e. The summed E-state index contributed by atoms with van der Waals surface area (Å²) >= 11 is 0. The van der Waals surface area contributed by atoms with Crippen LogP contribution in [0.3, 0.4) is 0 Å². The van der Waals surface area contributed by atoms with Crippen LogP contribution >= 0.6 is 0 Å². The van der Waals surface area contributed by atoms with Gasteiger partial charge in [0.05, 0.1) is 6.61 Å². The second-order valence-corrected chi connectivity index (χ2v) is 4.25. The van der Waals surface area contributed by atoms with Crippen LogP contribution in [0, 0.1) is 11.8 Å². The number of allylic oxidation sites excluding steroid dienone is 1. The van der Waals surface area contributed by atoms with Gasteiger partial charge in [0.25, 0.3) is 0 Å². The summed E-state index contributed by atoms with van der Waals surface area (Å²) in [4.78, 5) is 11.3. The van der Waals surface area contributed by atoms with Crippen molar-refractivity contribution in [1.82, 2.24) is 0 Å². The van der Waals surface area contributed by atoms with Crippen molar-refractivity contribution >= 4 is 5.97 Å². The van der Waals surface area contributed by atoms with Crippen molar-refractivity contribution < 1.29 is 9.53 Å². The first kappa shape index (κ1) is 11.3. The Bertz CT molecular complexity index is 230. The van der Waals surface area contributed by atoms with E-state index in [0.717, 1.165) is 11.5 Å². The molecule has 1 rings (SSSR count). The second-order valence-electron chi connectivity index (χ2n) is 4.25. The molecular weight excluding hydrogens is 176 g/mol. The van der Waals surface area contributed by atoms with E-state index in [9.17, 15) is 4.79 Å². The highest BCUT2D eigenvalue weighted by Crippen LogP contribution is 2.31. The third-order valence-electron chi connectivity index (χ3n) is 2.82. The number of rotatable bonds is 3. The first-order chi connectivity index (χ1) is 6.63. The Balaban J connectivity index is 2.46. The lowest BCUT2D eigenvalue weighted by Gasteiger charge is -2.06. The van der Waals surface area contributed by atoms with Gasteiger partial charge in [0.15, 0.2) is 0 Å². The van der Waals surface area contributed by atoms with Crippen LogP contribution in [-0.4, -0.2) is 12.6 Å². The van der Waals surface area contributed by atoms with Gasteiger partial charge in [-0.3, -0.25) is 0 Å². The number of esters is 1. The quantitative estimate of drug-likeness (QED) is 0.512. The van der Waals surface area contributed by atoms with Gasteiger partial charge in [-0.1, -0.05) is 19.4 Å². The number of ether oxygens (including phenoxy) is 1. The molecule has 1 aliphatic carbocycles. The SMILES string of the molecule is CCOC(=O)/C(C)=C/C1CCC(C)C1. The Morgan fingerprint density at radius 3 is 2.71 bits per heavy atom. The molecule has 0 aliphatic heterocycles. The van der Waals surface area contributed by atoms with Crippen molar-refractivity contribution in [2.24, 2.45) is 11.8 Å². The molecule has 14 heavy (non-hydrogen) atoms. The van der Waals surface area contributed by atoms with Gasteiger partial charge in [-0.15, -0.1) is 0 Å². The highest BCUT2D eigenvalue weighted by Gasteiger charge is 2.20. The van der Waals surface area contributed by atoms with Gasteiger partial charge in [0.2, 0.25) is 0 Å². The monoisotopic (exact) mass is 196 g/mol. The van der Waals surface area contributed by atoms with Crippen molar-refractivity contribution in [1.29, 1.82) is 0 Å². The molecule has 2 unspecified atom stereocenters. The number of carbonyl (C=O) groups excluding carboxylic acids is 1. The van der Waals surface area contributed by atoms with Gasteiger partial charge < -0.3 is 4.74 Å². The first-order valence-corrected chi connectivity index (χ1v) is 5.49. The van der Waals surface area contributed by atoms with E-state index in [1.807, 2.05) is 13.8 Å². The smallest absolute Gasteiger partial charge is 0.333 e. The van der Waals surface area contributed by atoms with Crippen LogP contribution in [0.2, 0.25) is 0 Å². The standard InChI is InChI=1S/C12H20O2/c1-4-14-12(13)10(3)8-11-6-5-9(2)7-11/h8-9,11H,4-7H2,1-3H3/b10-8+. The van der Waals surface area contributed by atoms with Crippen LogP contribution in [0.1, 0.15) is 40.0 Å². The van der Waals surface area contributed by atoms with E-state index < -0.39 is 0 Å². The molecule has 0 amide bonds. The lowest BCUT2D eigenvalue weighted by molar-refractivity contribution is -0.138. The third kappa shape index (κ3) is 3.17. The molecule has 0 spiro atoms. The van der Waals surface area contributed by atoms with Crippen LogP contribution in [-0.2, 0) is 9.53 Å². The van der Waals surface area contributed by atoms with Gasteiger partial charge in [-0.2, -0.15) is 0 Å². The minimum Gasteiger partial charge on any atom is -0.463 e. The second kappa shape index (κ2) is 5.18. The molecule has 1 aliphatic rings. The fraction of sp³-hybridized carbons (Fsp3) is 0.750. The number of hydrogen-bond acceptors (Lipinski definition) is 2. The molecule has 80 valence electrons. The summed E-state index contributed by atoms with van der Waals surface area (Å²) in [6.45, 7) is 6.42. The molecular formula is C12H20O2. The zero-order chi connectivity index (χ0) is 10.6. The van der Waals surface area contributed by atoms with E-state index in [2.05, 4.69) is 13.0 Å². The molecule has 0 heterocycles. The molecule has 0 saturated heterocycles. The van der Waals surface area contributed by atoms with Gasteiger partial charge in [-0.25, -0.2) is 4.79 Å². The average Bonchev–Trinajstić information content (AvgIpc) is 2.51. The van der Waals surface area contributed by atoms with Crippen LogP contribution in [0.4, 0.5) is 0 Å². The molecule has 0 aromatic rings. The van der Waals surface area contributed by atoms with Gasteiger partial charge >= 0.3 is 5.97 Å². The number of hydrogen-bond donors (Lipinski definition) is 0. The summed E-state index contributed by atoms with van der Waals surface area (Å²) in [7, 11) is 0. The lowest BCUT2D eigenvalue weighted by atomic mass is 10.0. The Morgan fingerprint density at radius 1 is 1.50 bits per heavy atom. The van der Waals surface area contributed by atoms with E-state index in [1.165, 1.54) is 19.3 Å². The predicted molar refractivity (Wildman–Crippen MR) is 56.9 cm³/mol. The third-order valence-corrected chi connectivity index (χ3v) is 2.82. The summed E-state index contributed by atoms with van der Waals surface area (Å²) in [6, 6.07) is 0. The van der Waals surface area contributed by atoms with Gasteiger partial charge in [-0.05, 0) is 38.5 Å². The van der Waals surface area contributed by atoms with Crippen molar-refractivity contribution in [3.8, 4) is 0 Å². The molecule has 0 aromatic carbocycles. The Morgan fingerprint density at radius 2 is 2.21 bits per heavy atom. The number of carbonyl (C=O) groups is 1. The normalized spacial score (nSPS) is 27.8. The van der Waals surface area contributed by atoms with Crippen LogP contribution < -0.4 is 0 Å². The maximum Gasteiger partial charge on any atom is 0.333 e. The highest BCUT2D eigenvalue weighted by atomic mass is 16.5. The molecule has 2 heteroatoms. The van der Waals surface area contributed by atoms with E-state index in [1.54, 1.807) is 0 Å². The summed E-state index contributed by atoms with van der Waals surface area (Å²) in [5, 5.41) is 0. The van der Waals surface area contributed by atoms with E-state index in [-0.39, 0.29) is 5.97 Å². The Kier molecular flexibility index (Phi) is 4.18. The zero-order valence-corrected chi connectivity index (χ0v) is 9.38. The fourth-order valence-corrected chi connectivity index (χ4v) is 2.07. The van der Waals surface area contributed by atoms with E-state index in [0.29, 0.717) is 12.5 Å². The predicted octanol–water partition coefficient (Wildman–Crippen LogP) is 2.93. The van der Waals surface area contributed by atoms with Crippen molar-refractivity contribution in [2.45, 2.75) is 40.0 Å². The zero-order valence-electron chi connectivity index (χ0n) is 9.38. The molecule has 0 aromatic heterocycles. The van der Waals surface area contributed by atoms with Crippen molar-refractivity contribution in [2.75, 3.05) is 6.61 Å². The van der Waals surface area contributed by atoms with Crippen LogP contribution in [0.15, 0.2) is 11.6 Å². The van der Waals surface area contributed by atoms with Gasteiger partial charge in [0.1, 0.15) is 0 Å². The summed E-state index contributed by atoms with van der Waals surface area (Å²) in [5.74, 6) is 1.24. The van der Waals surface area contributed by atoms with Crippen molar-refractivity contribution in [3.63, 3.8) is 0 Å². The lowest BCUT2D eigenvalue weighted by Crippen LogP contribution is -2.06. The molecule has 2 atom stereocenters. The highest BCUT2D eigenvalue weighted by molar-refractivity contribution is 5.87.